The van der Waals surface area contributed by atoms with Gasteiger partial charge in [0.1, 0.15) is 5.82 Å². The van der Waals surface area contributed by atoms with Gasteiger partial charge in [-0.05, 0) is 31.0 Å². The molecule has 1 aromatic carbocycles. The highest BCUT2D eigenvalue weighted by molar-refractivity contribution is 5.92. The summed E-state index contributed by atoms with van der Waals surface area (Å²) in [5.41, 5.74) is 0.498. The summed E-state index contributed by atoms with van der Waals surface area (Å²) in [6, 6.07) is 6.33. The van der Waals surface area contributed by atoms with Crippen LogP contribution >= 0.6 is 0 Å². The average molecular weight is 280 g/mol. The van der Waals surface area contributed by atoms with E-state index in [1.54, 1.807) is 12.1 Å². The molecule has 0 bridgehead atoms. The van der Waals surface area contributed by atoms with Gasteiger partial charge >= 0.3 is 0 Å². The van der Waals surface area contributed by atoms with Crippen LogP contribution in [0.15, 0.2) is 24.3 Å². The van der Waals surface area contributed by atoms with Crippen LogP contribution in [-0.4, -0.2) is 18.5 Å². The Morgan fingerprint density at radius 2 is 2.05 bits per heavy atom. The molecule has 0 spiro atoms. The summed E-state index contributed by atoms with van der Waals surface area (Å²) in [4.78, 5) is 11.8. The third-order valence-corrected chi connectivity index (χ3v) is 3.20. The van der Waals surface area contributed by atoms with Crippen molar-refractivity contribution in [1.29, 1.82) is 0 Å². The van der Waals surface area contributed by atoms with Crippen LogP contribution in [0, 0.1) is 5.82 Å². The van der Waals surface area contributed by atoms with E-state index in [1.165, 1.54) is 18.6 Å². The van der Waals surface area contributed by atoms with Gasteiger partial charge in [-0.25, -0.2) is 4.39 Å². The number of halogens is 1. The monoisotopic (exact) mass is 280 g/mol. The van der Waals surface area contributed by atoms with E-state index in [2.05, 4.69) is 24.5 Å². The molecule has 20 heavy (non-hydrogen) atoms. The Balaban J connectivity index is 2.37. The quantitative estimate of drug-likeness (QED) is 0.724. The summed E-state index contributed by atoms with van der Waals surface area (Å²) >= 11 is 0. The van der Waals surface area contributed by atoms with Crippen LogP contribution in [0.1, 0.15) is 46.0 Å². The number of benzene rings is 1. The molecule has 0 heterocycles. The fraction of sp³-hybridized carbons (Fsp3) is 0.562. The maximum Gasteiger partial charge on any atom is 0.238 e. The Kier molecular flexibility index (Phi) is 7.88. The van der Waals surface area contributed by atoms with Gasteiger partial charge in [0, 0.05) is 11.7 Å². The van der Waals surface area contributed by atoms with E-state index < -0.39 is 0 Å². The van der Waals surface area contributed by atoms with E-state index in [0.29, 0.717) is 11.7 Å². The van der Waals surface area contributed by atoms with Gasteiger partial charge in [-0.3, -0.25) is 4.79 Å². The summed E-state index contributed by atoms with van der Waals surface area (Å²) < 4.78 is 13.0. The molecule has 2 N–H and O–H groups in total. The van der Waals surface area contributed by atoms with Gasteiger partial charge in [-0.15, -0.1) is 0 Å². The molecule has 0 saturated carbocycles. The lowest BCUT2D eigenvalue weighted by atomic mass is 10.1. The highest BCUT2D eigenvalue weighted by Crippen LogP contribution is 2.09. The molecule has 1 rings (SSSR count). The predicted octanol–water partition coefficient (Wildman–Crippen LogP) is 3.71. The second-order valence-corrected chi connectivity index (χ2v) is 5.07. The molecule has 1 unspecified atom stereocenters. The van der Waals surface area contributed by atoms with Crippen LogP contribution in [0.3, 0.4) is 0 Å². The smallest absolute Gasteiger partial charge is 0.238 e. The van der Waals surface area contributed by atoms with Crippen molar-refractivity contribution in [2.75, 3.05) is 11.9 Å². The highest BCUT2D eigenvalue weighted by Gasteiger charge is 2.09. The van der Waals surface area contributed by atoms with Crippen LogP contribution < -0.4 is 10.6 Å². The van der Waals surface area contributed by atoms with Crippen molar-refractivity contribution >= 4 is 11.6 Å². The summed E-state index contributed by atoms with van der Waals surface area (Å²) in [5, 5.41) is 5.98. The zero-order valence-corrected chi connectivity index (χ0v) is 12.4. The number of carbonyl (C=O) groups is 1. The van der Waals surface area contributed by atoms with E-state index in [1.807, 2.05) is 0 Å². The molecule has 1 amide bonds. The van der Waals surface area contributed by atoms with E-state index in [-0.39, 0.29) is 18.3 Å². The van der Waals surface area contributed by atoms with E-state index >= 15 is 0 Å². The summed E-state index contributed by atoms with van der Waals surface area (Å²) in [6.45, 7) is 4.58. The van der Waals surface area contributed by atoms with Gasteiger partial charge in [-0.1, -0.05) is 39.2 Å². The fourth-order valence-corrected chi connectivity index (χ4v) is 2.16. The first-order chi connectivity index (χ1) is 9.65. The van der Waals surface area contributed by atoms with Gasteiger partial charge in [0.2, 0.25) is 5.91 Å². The molecule has 0 aliphatic carbocycles. The second-order valence-electron chi connectivity index (χ2n) is 5.07. The molecule has 1 aromatic rings. The van der Waals surface area contributed by atoms with E-state index in [0.717, 1.165) is 25.7 Å². The zero-order chi connectivity index (χ0) is 14.8. The second kappa shape index (κ2) is 9.48. The topological polar surface area (TPSA) is 41.1 Å². The maximum atomic E-state index is 13.0. The third kappa shape index (κ3) is 6.66. The number of unbranched alkanes of at least 4 members (excludes halogenated alkanes) is 1. The first kappa shape index (κ1) is 16.6. The van der Waals surface area contributed by atoms with Crippen molar-refractivity contribution in [3.63, 3.8) is 0 Å². The van der Waals surface area contributed by atoms with E-state index in [4.69, 9.17) is 0 Å². The molecular weight excluding hydrogens is 255 g/mol. The molecule has 3 nitrogen and oxygen atoms in total. The first-order valence-corrected chi connectivity index (χ1v) is 7.44. The van der Waals surface area contributed by atoms with Gasteiger partial charge in [0.25, 0.3) is 0 Å². The van der Waals surface area contributed by atoms with Crippen LogP contribution in [0.25, 0.3) is 0 Å². The van der Waals surface area contributed by atoms with Crippen molar-refractivity contribution in [2.24, 2.45) is 0 Å². The van der Waals surface area contributed by atoms with Crippen LogP contribution in [0.2, 0.25) is 0 Å². The fourth-order valence-electron chi connectivity index (χ4n) is 2.16. The number of carbonyl (C=O) groups excluding carboxylic acids is 1. The summed E-state index contributed by atoms with van der Waals surface area (Å²) in [6.07, 6.45) is 5.61. The standard InChI is InChI=1S/C16H25FN2O/c1-3-5-9-14(7-4-2)18-12-16(20)19-15-10-6-8-13(17)11-15/h6,8,10-11,14,18H,3-5,7,9,12H2,1-2H3,(H,19,20). The first-order valence-electron chi connectivity index (χ1n) is 7.44. The van der Waals surface area contributed by atoms with Crippen molar-refractivity contribution in [3.8, 4) is 0 Å². The van der Waals surface area contributed by atoms with Gasteiger partial charge in [0.15, 0.2) is 0 Å². The molecule has 0 fully saturated rings. The average Bonchev–Trinajstić information content (AvgIpc) is 2.42. The van der Waals surface area contributed by atoms with Gasteiger partial charge in [0.05, 0.1) is 6.54 Å². The van der Waals surface area contributed by atoms with Crippen molar-refractivity contribution in [2.45, 2.75) is 52.0 Å². The number of hydrogen-bond acceptors (Lipinski definition) is 2. The molecule has 0 saturated heterocycles. The Hall–Kier alpha value is -1.42. The molecule has 0 aromatic heterocycles. The molecule has 4 heteroatoms. The number of hydrogen-bond donors (Lipinski definition) is 2. The highest BCUT2D eigenvalue weighted by atomic mass is 19.1. The maximum absolute atomic E-state index is 13.0. The Morgan fingerprint density at radius 3 is 2.70 bits per heavy atom. The van der Waals surface area contributed by atoms with Crippen LogP contribution in [0.5, 0.6) is 0 Å². The Labute approximate surface area is 121 Å². The van der Waals surface area contributed by atoms with E-state index in [9.17, 15) is 9.18 Å². The van der Waals surface area contributed by atoms with Gasteiger partial charge < -0.3 is 10.6 Å². The molecule has 0 aliphatic heterocycles. The third-order valence-electron chi connectivity index (χ3n) is 3.20. The van der Waals surface area contributed by atoms with Crippen LogP contribution in [0.4, 0.5) is 10.1 Å². The minimum absolute atomic E-state index is 0.131. The molecule has 1 atom stereocenters. The number of nitrogens with one attached hydrogen (secondary N) is 2. The molecule has 112 valence electrons. The normalized spacial score (nSPS) is 12.2. The van der Waals surface area contributed by atoms with Crippen molar-refractivity contribution in [1.82, 2.24) is 5.32 Å². The minimum Gasteiger partial charge on any atom is -0.325 e. The lowest BCUT2D eigenvalue weighted by molar-refractivity contribution is -0.115. The zero-order valence-electron chi connectivity index (χ0n) is 12.4. The largest absolute Gasteiger partial charge is 0.325 e. The van der Waals surface area contributed by atoms with Gasteiger partial charge in [-0.2, -0.15) is 0 Å². The van der Waals surface area contributed by atoms with Crippen molar-refractivity contribution < 1.29 is 9.18 Å². The number of rotatable bonds is 9. The van der Waals surface area contributed by atoms with Crippen molar-refractivity contribution in [3.05, 3.63) is 30.1 Å². The molecule has 0 aliphatic rings. The summed E-state index contributed by atoms with van der Waals surface area (Å²) in [7, 11) is 0. The molecular formula is C16H25FN2O. The van der Waals surface area contributed by atoms with Crippen LogP contribution in [-0.2, 0) is 4.79 Å². The SMILES string of the molecule is CCCCC(CCC)NCC(=O)Nc1cccc(F)c1. The molecule has 0 radical (unpaired) electrons. The Morgan fingerprint density at radius 1 is 1.25 bits per heavy atom. The summed E-state index contributed by atoms with van der Waals surface area (Å²) in [5.74, 6) is -0.476. The lowest BCUT2D eigenvalue weighted by Crippen LogP contribution is -2.36. The number of anilines is 1. The predicted molar refractivity (Wildman–Crippen MR) is 81.3 cm³/mol. The Bertz CT molecular complexity index is 409. The number of amides is 1. The minimum atomic E-state index is -0.345. The lowest BCUT2D eigenvalue weighted by Gasteiger charge is -2.17.